The molecule has 0 saturated heterocycles. The van der Waals surface area contributed by atoms with Gasteiger partial charge in [0.2, 0.25) is 0 Å². The Hall–Kier alpha value is -0.440. The Balaban J connectivity index is 1.70. The van der Waals surface area contributed by atoms with Gasteiger partial charge in [-0.15, -0.1) is 0 Å². The van der Waals surface area contributed by atoms with Crippen LogP contribution in [0, 0.1) is 34.5 Å². The van der Waals surface area contributed by atoms with Crippen LogP contribution < -0.4 is 0 Å². The van der Waals surface area contributed by atoms with E-state index in [0.717, 1.165) is 32.1 Å². The summed E-state index contributed by atoms with van der Waals surface area (Å²) in [6.45, 7) is 6.50. The van der Waals surface area contributed by atoms with Gasteiger partial charge in [-0.1, -0.05) is 13.8 Å². The summed E-state index contributed by atoms with van der Waals surface area (Å²) in [6, 6.07) is 0. The Morgan fingerprint density at radius 3 is 2.52 bits per heavy atom. The van der Waals surface area contributed by atoms with E-state index < -0.39 is 11.8 Å². The molecule has 0 aromatic carbocycles. The molecular weight excluding hydrogens is 291 g/mol. The maximum atomic E-state index is 15.3. The van der Waals surface area contributed by atoms with E-state index in [4.69, 9.17) is 0 Å². The highest BCUT2D eigenvalue weighted by molar-refractivity contribution is 5.79. The number of carbonyl (C=O) groups is 1. The number of rotatable bonds is 0. The number of alkyl halides is 1. The van der Waals surface area contributed by atoms with Crippen molar-refractivity contribution in [1.29, 1.82) is 0 Å². The first kappa shape index (κ1) is 16.1. The van der Waals surface area contributed by atoms with Gasteiger partial charge in [-0.3, -0.25) is 4.79 Å². The van der Waals surface area contributed by atoms with Gasteiger partial charge in [0.1, 0.15) is 12.0 Å². The maximum Gasteiger partial charge on any atom is 0.133 e. The Morgan fingerprint density at radius 1 is 1.09 bits per heavy atom. The second-order valence-electron chi connectivity index (χ2n) is 9.76. The largest absolute Gasteiger partial charge is 0.390 e. The molecule has 4 fully saturated rings. The molecule has 0 aromatic rings. The molecule has 1 N–H and O–H groups in total. The highest BCUT2D eigenvalue weighted by Crippen LogP contribution is 2.68. The molecule has 4 aliphatic rings. The Labute approximate surface area is 139 Å². The molecule has 3 heteroatoms. The molecule has 0 unspecified atom stereocenters. The van der Waals surface area contributed by atoms with Crippen molar-refractivity contribution in [2.24, 2.45) is 34.5 Å². The van der Waals surface area contributed by atoms with Gasteiger partial charge < -0.3 is 5.11 Å². The van der Waals surface area contributed by atoms with E-state index in [-0.39, 0.29) is 22.7 Å². The molecule has 0 heterocycles. The SMILES string of the molecule is C[C@]12CCC(=O)C[C@@H]1C[C@@H](F)[C@@H]1[C@@H]2CC[C@@]2(C)[C@H]1CC[C@]2(C)O. The van der Waals surface area contributed by atoms with E-state index >= 15 is 4.39 Å². The summed E-state index contributed by atoms with van der Waals surface area (Å²) in [5, 5.41) is 10.9. The Morgan fingerprint density at radius 2 is 1.78 bits per heavy atom. The second-order valence-corrected chi connectivity index (χ2v) is 9.76. The molecule has 4 rings (SSSR count). The van der Waals surface area contributed by atoms with Crippen LogP contribution in [0.3, 0.4) is 0 Å². The number of carbonyl (C=O) groups excluding carboxylic acids is 1. The van der Waals surface area contributed by atoms with E-state index in [1.165, 1.54) is 0 Å². The van der Waals surface area contributed by atoms with Gasteiger partial charge in [-0.2, -0.15) is 0 Å². The van der Waals surface area contributed by atoms with Gasteiger partial charge in [-0.25, -0.2) is 4.39 Å². The van der Waals surface area contributed by atoms with Crippen molar-refractivity contribution in [3.05, 3.63) is 0 Å². The minimum atomic E-state index is -0.789. The zero-order chi connectivity index (χ0) is 16.6. The van der Waals surface area contributed by atoms with Crippen LogP contribution in [0.15, 0.2) is 0 Å². The molecule has 4 saturated carbocycles. The van der Waals surface area contributed by atoms with Crippen LogP contribution >= 0.6 is 0 Å². The van der Waals surface area contributed by atoms with Crippen LogP contribution in [0.25, 0.3) is 0 Å². The van der Waals surface area contributed by atoms with Gasteiger partial charge in [-0.05, 0) is 80.0 Å². The van der Waals surface area contributed by atoms with Crippen molar-refractivity contribution in [3.63, 3.8) is 0 Å². The normalized spacial score (nSPS) is 59.2. The molecule has 0 amide bonds. The lowest BCUT2D eigenvalue weighted by Crippen LogP contribution is -2.59. The molecular formula is C20H31FO2. The van der Waals surface area contributed by atoms with Crippen molar-refractivity contribution in [1.82, 2.24) is 0 Å². The van der Waals surface area contributed by atoms with Crippen molar-refractivity contribution >= 4 is 5.78 Å². The smallest absolute Gasteiger partial charge is 0.133 e. The first-order valence-electron chi connectivity index (χ1n) is 9.57. The van der Waals surface area contributed by atoms with Crippen molar-refractivity contribution in [3.8, 4) is 0 Å². The van der Waals surface area contributed by atoms with E-state index in [1.807, 2.05) is 6.92 Å². The molecule has 4 aliphatic carbocycles. The Kier molecular flexibility index (Phi) is 3.35. The van der Waals surface area contributed by atoms with Crippen LogP contribution in [-0.2, 0) is 4.79 Å². The number of fused-ring (bicyclic) bond motifs is 5. The summed E-state index contributed by atoms with van der Waals surface area (Å²) < 4.78 is 15.3. The molecule has 0 radical (unpaired) electrons. The lowest BCUT2D eigenvalue weighted by Gasteiger charge is -2.61. The predicted octanol–water partition coefficient (Wildman–Crippen LogP) is 4.30. The van der Waals surface area contributed by atoms with Crippen LogP contribution in [0.5, 0.6) is 0 Å². The number of hydrogen-bond donors (Lipinski definition) is 1. The first-order chi connectivity index (χ1) is 10.7. The zero-order valence-corrected chi connectivity index (χ0v) is 14.8. The summed E-state index contributed by atoms with van der Waals surface area (Å²) in [5.41, 5.74) is -0.647. The fourth-order valence-electron chi connectivity index (χ4n) is 7.21. The summed E-state index contributed by atoms with van der Waals surface area (Å²) in [6.07, 6.45) is 5.81. The standard InChI is InChI=1S/C20H31FO2/c1-18-7-4-13(22)10-12(18)11-16(21)17-14(18)5-8-19(2)15(17)6-9-20(19,3)23/h12,14-17,23H,4-11H2,1-3H3/t12-,14+,15+,16-,17-,18+,19+,20+/m1/s1. The highest BCUT2D eigenvalue weighted by atomic mass is 19.1. The number of ketones is 1. The third-order valence-corrected chi connectivity index (χ3v) is 9.02. The van der Waals surface area contributed by atoms with E-state index in [9.17, 15) is 9.90 Å². The molecule has 0 spiro atoms. The summed E-state index contributed by atoms with van der Waals surface area (Å²) >= 11 is 0. The van der Waals surface area contributed by atoms with E-state index in [2.05, 4.69) is 13.8 Å². The summed E-state index contributed by atoms with van der Waals surface area (Å²) in [5.74, 6) is 1.38. The van der Waals surface area contributed by atoms with Crippen molar-refractivity contribution in [2.45, 2.75) is 83.9 Å². The Bertz CT molecular complexity index is 530. The van der Waals surface area contributed by atoms with Crippen LogP contribution in [0.4, 0.5) is 4.39 Å². The first-order valence-corrected chi connectivity index (χ1v) is 9.57. The molecule has 8 atom stereocenters. The lowest BCUT2D eigenvalue weighted by atomic mass is 9.44. The van der Waals surface area contributed by atoms with Gasteiger partial charge in [0.25, 0.3) is 0 Å². The molecule has 0 aromatic heterocycles. The van der Waals surface area contributed by atoms with Crippen LogP contribution in [-0.4, -0.2) is 22.7 Å². The predicted molar refractivity (Wildman–Crippen MR) is 87.6 cm³/mol. The van der Waals surface area contributed by atoms with E-state index in [1.54, 1.807) is 0 Å². The lowest BCUT2D eigenvalue weighted by molar-refractivity contribution is -0.170. The third-order valence-electron chi connectivity index (χ3n) is 9.02. The molecule has 2 nitrogen and oxygen atoms in total. The number of aliphatic hydroxyl groups is 1. The fourth-order valence-corrected chi connectivity index (χ4v) is 7.21. The minimum Gasteiger partial charge on any atom is -0.390 e. The molecule has 0 bridgehead atoms. The molecule has 23 heavy (non-hydrogen) atoms. The van der Waals surface area contributed by atoms with Crippen molar-refractivity contribution in [2.75, 3.05) is 0 Å². The zero-order valence-electron chi connectivity index (χ0n) is 14.8. The number of hydrogen-bond acceptors (Lipinski definition) is 2. The second kappa shape index (κ2) is 4.80. The van der Waals surface area contributed by atoms with Gasteiger partial charge in [0.15, 0.2) is 0 Å². The average molecular weight is 322 g/mol. The maximum absolute atomic E-state index is 15.3. The van der Waals surface area contributed by atoms with Crippen molar-refractivity contribution < 1.29 is 14.3 Å². The minimum absolute atomic E-state index is 0.0946. The van der Waals surface area contributed by atoms with Gasteiger partial charge in [0, 0.05) is 12.8 Å². The average Bonchev–Trinajstić information content (AvgIpc) is 2.72. The third kappa shape index (κ3) is 1.98. The highest BCUT2D eigenvalue weighted by Gasteiger charge is 2.65. The fraction of sp³-hybridized carbons (Fsp3) is 0.950. The molecule has 130 valence electrons. The van der Waals surface area contributed by atoms with Crippen LogP contribution in [0.1, 0.15) is 72.1 Å². The topological polar surface area (TPSA) is 37.3 Å². The molecule has 0 aliphatic heterocycles. The monoisotopic (exact) mass is 322 g/mol. The number of Topliss-reactive ketones (excluding diaryl/α,β-unsaturated/α-hetero) is 1. The van der Waals surface area contributed by atoms with E-state index in [0.29, 0.717) is 36.9 Å². The number of halogens is 1. The van der Waals surface area contributed by atoms with Crippen LogP contribution in [0.2, 0.25) is 0 Å². The summed E-state index contributed by atoms with van der Waals surface area (Å²) in [4.78, 5) is 11.9. The van der Waals surface area contributed by atoms with Gasteiger partial charge in [0.05, 0.1) is 5.60 Å². The van der Waals surface area contributed by atoms with Gasteiger partial charge >= 0.3 is 0 Å². The summed E-state index contributed by atoms with van der Waals surface area (Å²) in [7, 11) is 0. The quantitative estimate of drug-likeness (QED) is 0.722.